The van der Waals surface area contributed by atoms with Gasteiger partial charge in [-0.3, -0.25) is 14.7 Å². The van der Waals surface area contributed by atoms with Crippen molar-refractivity contribution in [3.8, 4) is 6.07 Å². The molecule has 1 heterocycles. The average molecular weight is 346 g/mol. The highest BCUT2D eigenvalue weighted by Gasteiger charge is 2.22. The number of halogens is 2. The van der Waals surface area contributed by atoms with Crippen LogP contribution in [0.25, 0.3) is 11.0 Å². The summed E-state index contributed by atoms with van der Waals surface area (Å²) in [4.78, 5) is 14.8. The van der Waals surface area contributed by atoms with E-state index < -0.39 is 11.5 Å². The second-order valence-electron chi connectivity index (χ2n) is 4.68. The fourth-order valence-corrected chi connectivity index (χ4v) is 3.19. The lowest BCUT2D eigenvalue weighted by Crippen LogP contribution is -2.00. The van der Waals surface area contributed by atoms with Crippen LogP contribution >= 0.6 is 11.8 Å². The van der Waals surface area contributed by atoms with Crippen molar-refractivity contribution in [2.45, 2.75) is 16.6 Å². The van der Waals surface area contributed by atoms with E-state index in [2.05, 4.69) is 4.98 Å². The Balaban J connectivity index is 2.12. The maximum Gasteiger partial charge on any atom is 0.321 e. The topological polar surface area (TPSA) is 84.8 Å². The Hall–Kier alpha value is -2.99. The largest absolute Gasteiger partial charge is 0.321 e. The molecule has 0 atom stereocenters. The zero-order chi connectivity index (χ0) is 17.3. The smallest absolute Gasteiger partial charge is 0.261 e. The zero-order valence-corrected chi connectivity index (χ0v) is 12.7. The van der Waals surface area contributed by atoms with Gasteiger partial charge in [-0.05, 0) is 36.0 Å². The Morgan fingerprint density at radius 1 is 1.29 bits per heavy atom. The molecule has 0 aliphatic carbocycles. The fraction of sp³-hybridized carbons (Fsp3) is 0.0667. The first kappa shape index (κ1) is 15.9. The van der Waals surface area contributed by atoms with Crippen molar-refractivity contribution in [1.82, 2.24) is 9.55 Å². The van der Waals surface area contributed by atoms with Gasteiger partial charge in [0, 0.05) is 6.07 Å². The molecule has 0 saturated heterocycles. The Kier molecular flexibility index (Phi) is 4.14. The summed E-state index contributed by atoms with van der Waals surface area (Å²) in [7, 11) is 0. The molecule has 24 heavy (non-hydrogen) atoms. The van der Waals surface area contributed by atoms with Crippen molar-refractivity contribution >= 4 is 28.5 Å². The average Bonchev–Trinajstić information content (AvgIpc) is 2.93. The Labute approximate surface area is 138 Å². The monoisotopic (exact) mass is 346 g/mol. The molecular formula is C15H8F2N4O2S. The van der Waals surface area contributed by atoms with Gasteiger partial charge < -0.3 is 0 Å². The summed E-state index contributed by atoms with van der Waals surface area (Å²) in [5.74, 6) is 0. The van der Waals surface area contributed by atoms with E-state index in [9.17, 15) is 18.9 Å². The van der Waals surface area contributed by atoms with Crippen molar-refractivity contribution in [2.24, 2.45) is 0 Å². The number of nitro benzene ring substituents is 1. The van der Waals surface area contributed by atoms with Crippen molar-refractivity contribution in [1.29, 1.82) is 5.26 Å². The van der Waals surface area contributed by atoms with E-state index in [0.29, 0.717) is 5.52 Å². The van der Waals surface area contributed by atoms with Gasteiger partial charge in [0.1, 0.15) is 0 Å². The molecule has 1 aromatic heterocycles. The second kappa shape index (κ2) is 6.25. The standard InChI is InChI=1S/C15H8F2N4O2S/c16-14(17)20-11-4-2-1-3-10(11)19-15(20)24-13-6-5-9(8-18)7-12(13)21(22)23/h1-7,14H. The Morgan fingerprint density at radius 2 is 2.04 bits per heavy atom. The highest BCUT2D eigenvalue weighted by molar-refractivity contribution is 7.99. The molecule has 0 saturated carbocycles. The maximum atomic E-state index is 13.4. The van der Waals surface area contributed by atoms with Crippen LogP contribution in [0.15, 0.2) is 52.5 Å². The van der Waals surface area contributed by atoms with Crippen LogP contribution in [0.1, 0.15) is 12.1 Å². The van der Waals surface area contributed by atoms with Crippen molar-refractivity contribution in [3.63, 3.8) is 0 Å². The summed E-state index contributed by atoms with van der Waals surface area (Å²) in [6, 6.07) is 12.0. The van der Waals surface area contributed by atoms with Crippen LogP contribution in [0, 0.1) is 21.4 Å². The van der Waals surface area contributed by atoms with E-state index in [-0.39, 0.29) is 26.8 Å². The van der Waals surface area contributed by atoms with Gasteiger partial charge in [-0.2, -0.15) is 14.0 Å². The molecule has 0 amide bonds. The first-order valence-corrected chi connectivity index (χ1v) is 7.44. The number of nitrogens with zero attached hydrogens (tertiary/aromatic N) is 4. The van der Waals surface area contributed by atoms with Gasteiger partial charge in [0.15, 0.2) is 5.16 Å². The zero-order valence-electron chi connectivity index (χ0n) is 11.9. The van der Waals surface area contributed by atoms with Crippen molar-refractivity contribution in [2.75, 3.05) is 0 Å². The van der Waals surface area contributed by atoms with Crippen LogP contribution < -0.4 is 0 Å². The third-order valence-electron chi connectivity index (χ3n) is 3.24. The second-order valence-corrected chi connectivity index (χ2v) is 5.69. The summed E-state index contributed by atoms with van der Waals surface area (Å²) >= 11 is 0.763. The molecular weight excluding hydrogens is 338 g/mol. The van der Waals surface area contributed by atoms with E-state index >= 15 is 0 Å². The van der Waals surface area contributed by atoms with Crippen LogP contribution in [-0.4, -0.2) is 14.5 Å². The van der Waals surface area contributed by atoms with Gasteiger partial charge in [-0.25, -0.2) is 4.98 Å². The molecule has 0 aliphatic heterocycles. The number of nitriles is 1. The summed E-state index contributed by atoms with van der Waals surface area (Å²) in [6.45, 7) is -2.84. The Bertz CT molecular complexity index is 981. The highest BCUT2D eigenvalue weighted by Crippen LogP contribution is 2.38. The minimum atomic E-state index is -2.84. The molecule has 0 aliphatic rings. The summed E-state index contributed by atoms with van der Waals surface area (Å²) in [5.41, 5.74) is 0.406. The fourth-order valence-electron chi connectivity index (χ4n) is 2.20. The third-order valence-corrected chi connectivity index (χ3v) is 4.28. The number of fused-ring (bicyclic) bond motifs is 1. The number of para-hydroxylation sites is 2. The predicted molar refractivity (Wildman–Crippen MR) is 82.9 cm³/mol. The molecule has 3 aromatic rings. The lowest BCUT2D eigenvalue weighted by atomic mass is 10.2. The molecule has 120 valence electrons. The number of rotatable bonds is 4. The predicted octanol–water partition coefficient (Wildman–Crippen LogP) is 4.36. The number of imidazole rings is 1. The molecule has 0 radical (unpaired) electrons. The van der Waals surface area contributed by atoms with E-state index in [1.807, 2.05) is 6.07 Å². The van der Waals surface area contributed by atoms with Crippen LogP contribution in [0.3, 0.4) is 0 Å². The van der Waals surface area contributed by atoms with Crippen molar-refractivity contribution in [3.05, 3.63) is 58.1 Å². The van der Waals surface area contributed by atoms with Crippen LogP contribution in [0.5, 0.6) is 0 Å². The van der Waals surface area contributed by atoms with Crippen LogP contribution in [0.4, 0.5) is 14.5 Å². The quantitative estimate of drug-likeness (QED) is 0.517. The van der Waals surface area contributed by atoms with Gasteiger partial charge in [0.2, 0.25) is 0 Å². The maximum absolute atomic E-state index is 13.4. The highest BCUT2D eigenvalue weighted by atomic mass is 32.2. The summed E-state index contributed by atoms with van der Waals surface area (Å²) in [5, 5.41) is 20.0. The van der Waals surface area contributed by atoms with E-state index in [4.69, 9.17) is 5.26 Å². The molecule has 2 aromatic carbocycles. The van der Waals surface area contributed by atoms with Gasteiger partial charge in [0.05, 0.1) is 32.5 Å². The lowest BCUT2D eigenvalue weighted by molar-refractivity contribution is -0.387. The van der Waals surface area contributed by atoms with Gasteiger partial charge in [0.25, 0.3) is 5.69 Å². The third kappa shape index (κ3) is 2.79. The molecule has 0 N–H and O–H groups in total. The van der Waals surface area contributed by atoms with Crippen molar-refractivity contribution < 1.29 is 13.7 Å². The molecule has 0 fully saturated rings. The van der Waals surface area contributed by atoms with Crippen LogP contribution in [-0.2, 0) is 0 Å². The Morgan fingerprint density at radius 3 is 2.71 bits per heavy atom. The van der Waals surface area contributed by atoms with Crippen LogP contribution in [0.2, 0.25) is 0 Å². The first-order chi connectivity index (χ1) is 11.5. The molecule has 6 nitrogen and oxygen atoms in total. The molecule has 0 spiro atoms. The molecule has 0 unspecified atom stereocenters. The number of hydrogen-bond acceptors (Lipinski definition) is 5. The summed E-state index contributed by atoms with van der Waals surface area (Å²) < 4.78 is 27.5. The minimum absolute atomic E-state index is 0.0565. The number of aromatic nitrogens is 2. The van der Waals surface area contributed by atoms with Gasteiger partial charge in [-0.1, -0.05) is 12.1 Å². The summed E-state index contributed by atoms with van der Waals surface area (Å²) in [6.07, 6.45) is 0. The van der Waals surface area contributed by atoms with E-state index in [1.54, 1.807) is 18.2 Å². The SMILES string of the molecule is N#Cc1ccc(Sc2nc3ccccc3n2C(F)F)c([N+](=O)[O-])c1. The van der Waals surface area contributed by atoms with Gasteiger partial charge in [-0.15, -0.1) is 0 Å². The van der Waals surface area contributed by atoms with E-state index in [0.717, 1.165) is 22.4 Å². The number of alkyl halides is 2. The lowest BCUT2D eigenvalue weighted by Gasteiger charge is -2.07. The number of hydrogen-bond donors (Lipinski definition) is 0. The minimum Gasteiger partial charge on any atom is -0.261 e. The van der Waals surface area contributed by atoms with E-state index in [1.165, 1.54) is 18.2 Å². The first-order valence-electron chi connectivity index (χ1n) is 6.63. The molecule has 3 rings (SSSR count). The normalized spacial score (nSPS) is 10.9. The number of benzene rings is 2. The van der Waals surface area contributed by atoms with Gasteiger partial charge >= 0.3 is 6.55 Å². The molecule has 0 bridgehead atoms. The molecule has 9 heteroatoms. The number of nitro groups is 1.